The maximum Gasteiger partial charge on any atom is 0.223 e. The van der Waals surface area contributed by atoms with E-state index in [1.165, 1.54) is 31.4 Å². The van der Waals surface area contributed by atoms with Gasteiger partial charge in [-0.2, -0.15) is 0 Å². The van der Waals surface area contributed by atoms with Gasteiger partial charge in [0.05, 0.1) is 6.20 Å². The van der Waals surface area contributed by atoms with Gasteiger partial charge in [0, 0.05) is 31.5 Å². The lowest BCUT2D eigenvalue weighted by Crippen LogP contribution is -2.42. The zero-order chi connectivity index (χ0) is 17.8. The van der Waals surface area contributed by atoms with E-state index < -0.39 is 0 Å². The summed E-state index contributed by atoms with van der Waals surface area (Å²) in [4.78, 5) is 18.6. The number of oxazole rings is 1. The van der Waals surface area contributed by atoms with Gasteiger partial charge in [-0.25, -0.2) is 9.37 Å². The van der Waals surface area contributed by atoms with Crippen LogP contribution in [0.25, 0.3) is 11.3 Å². The van der Waals surface area contributed by atoms with Gasteiger partial charge in [0.2, 0.25) is 5.91 Å². The topological polar surface area (TPSA) is 46.3 Å². The van der Waals surface area contributed by atoms with Crippen molar-refractivity contribution in [2.45, 2.75) is 51.5 Å². The van der Waals surface area contributed by atoms with Crippen LogP contribution in [0, 0.1) is 11.7 Å². The number of halogens is 1. The SMILES string of the molecule is CC1CCCCC1N(C)C(=O)CCc1ncc(-c2ccc(F)cc2)o1. The predicted molar refractivity (Wildman–Crippen MR) is 94.4 cm³/mol. The third-order valence-electron chi connectivity index (χ3n) is 5.19. The van der Waals surface area contributed by atoms with Crippen LogP contribution < -0.4 is 0 Å². The molecular weight excluding hydrogens is 319 g/mol. The van der Waals surface area contributed by atoms with Gasteiger partial charge in [-0.15, -0.1) is 0 Å². The van der Waals surface area contributed by atoms with Crippen LogP contribution in [0.5, 0.6) is 0 Å². The zero-order valence-electron chi connectivity index (χ0n) is 14.9. The number of nitrogens with zero attached hydrogens (tertiary/aromatic N) is 2. The minimum Gasteiger partial charge on any atom is -0.441 e. The third kappa shape index (κ3) is 4.27. The molecule has 5 heteroatoms. The highest BCUT2D eigenvalue weighted by atomic mass is 19.1. The normalized spacial score (nSPS) is 20.4. The number of carbonyl (C=O) groups is 1. The van der Waals surface area contributed by atoms with Crippen LogP contribution in [0.15, 0.2) is 34.9 Å². The highest BCUT2D eigenvalue weighted by Crippen LogP contribution is 2.28. The van der Waals surface area contributed by atoms with Crippen LogP contribution in [-0.2, 0) is 11.2 Å². The third-order valence-corrected chi connectivity index (χ3v) is 5.19. The van der Waals surface area contributed by atoms with E-state index in [4.69, 9.17) is 4.42 Å². The highest BCUT2D eigenvalue weighted by Gasteiger charge is 2.27. The predicted octanol–water partition coefficient (Wildman–Crippen LogP) is 4.45. The van der Waals surface area contributed by atoms with Crippen molar-refractivity contribution in [1.82, 2.24) is 9.88 Å². The fourth-order valence-electron chi connectivity index (χ4n) is 3.62. The van der Waals surface area contributed by atoms with Gasteiger partial charge in [-0.05, 0) is 43.0 Å². The Labute approximate surface area is 148 Å². The Balaban J connectivity index is 1.56. The molecule has 4 nitrogen and oxygen atoms in total. The second-order valence-corrected chi connectivity index (χ2v) is 6.96. The second-order valence-electron chi connectivity index (χ2n) is 6.96. The van der Waals surface area contributed by atoms with Crippen molar-refractivity contribution >= 4 is 5.91 Å². The van der Waals surface area contributed by atoms with E-state index in [-0.39, 0.29) is 11.7 Å². The molecule has 0 bridgehead atoms. The number of aryl methyl sites for hydroxylation is 1. The number of hydrogen-bond donors (Lipinski definition) is 0. The molecule has 1 heterocycles. The van der Waals surface area contributed by atoms with Crippen molar-refractivity contribution < 1.29 is 13.6 Å². The van der Waals surface area contributed by atoms with E-state index in [1.807, 2.05) is 11.9 Å². The van der Waals surface area contributed by atoms with Crippen molar-refractivity contribution in [2.75, 3.05) is 7.05 Å². The molecular formula is C20H25FN2O2. The van der Waals surface area contributed by atoms with E-state index in [0.717, 1.165) is 12.0 Å². The first-order valence-corrected chi connectivity index (χ1v) is 9.01. The smallest absolute Gasteiger partial charge is 0.223 e. The molecule has 1 amide bonds. The van der Waals surface area contributed by atoms with Gasteiger partial charge in [-0.1, -0.05) is 19.8 Å². The van der Waals surface area contributed by atoms with Gasteiger partial charge in [0.15, 0.2) is 11.7 Å². The summed E-state index contributed by atoms with van der Waals surface area (Å²) in [5.74, 6) is 1.55. The Morgan fingerprint density at radius 2 is 2.00 bits per heavy atom. The van der Waals surface area contributed by atoms with Crippen molar-refractivity contribution in [1.29, 1.82) is 0 Å². The van der Waals surface area contributed by atoms with Gasteiger partial charge in [-0.3, -0.25) is 4.79 Å². The molecule has 1 aromatic carbocycles. The monoisotopic (exact) mass is 344 g/mol. The number of rotatable bonds is 5. The van der Waals surface area contributed by atoms with Crippen LogP contribution in [0.4, 0.5) is 4.39 Å². The average Bonchev–Trinajstić information content (AvgIpc) is 3.09. The maximum atomic E-state index is 13.0. The van der Waals surface area contributed by atoms with Crippen molar-refractivity contribution in [3.05, 3.63) is 42.2 Å². The Bertz CT molecular complexity index is 711. The molecule has 25 heavy (non-hydrogen) atoms. The molecule has 1 aliphatic carbocycles. The number of aromatic nitrogens is 1. The molecule has 0 N–H and O–H groups in total. The summed E-state index contributed by atoms with van der Waals surface area (Å²) in [5, 5.41) is 0. The Kier molecular flexibility index (Phi) is 5.51. The molecule has 0 spiro atoms. The summed E-state index contributed by atoms with van der Waals surface area (Å²) >= 11 is 0. The summed E-state index contributed by atoms with van der Waals surface area (Å²) in [6.45, 7) is 2.23. The zero-order valence-corrected chi connectivity index (χ0v) is 14.9. The number of hydrogen-bond acceptors (Lipinski definition) is 3. The van der Waals surface area contributed by atoms with Gasteiger partial charge in [0.1, 0.15) is 5.82 Å². The molecule has 2 aromatic rings. The maximum absolute atomic E-state index is 13.0. The lowest BCUT2D eigenvalue weighted by atomic mass is 9.85. The first kappa shape index (κ1) is 17.6. The van der Waals surface area contributed by atoms with Crippen molar-refractivity contribution in [3.8, 4) is 11.3 Å². The van der Waals surface area contributed by atoms with Gasteiger partial charge < -0.3 is 9.32 Å². The Morgan fingerprint density at radius 1 is 1.28 bits per heavy atom. The molecule has 134 valence electrons. The molecule has 0 radical (unpaired) electrons. The summed E-state index contributed by atoms with van der Waals surface area (Å²) in [5.41, 5.74) is 0.777. The van der Waals surface area contributed by atoms with E-state index in [9.17, 15) is 9.18 Å². The van der Waals surface area contributed by atoms with Crippen LogP contribution in [0.2, 0.25) is 0 Å². The number of carbonyl (C=O) groups excluding carboxylic acids is 1. The second kappa shape index (κ2) is 7.81. The number of amides is 1. The van der Waals surface area contributed by atoms with Crippen molar-refractivity contribution in [2.24, 2.45) is 5.92 Å². The van der Waals surface area contributed by atoms with Gasteiger partial charge >= 0.3 is 0 Å². The van der Waals surface area contributed by atoms with E-state index in [1.54, 1.807) is 18.3 Å². The summed E-state index contributed by atoms with van der Waals surface area (Å²) in [6, 6.07) is 6.44. The molecule has 1 aliphatic rings. The summed E-state index contributed by atoms with van der Waals surface area (Å²) in [6.07, 6.45) is 7.25. The minimum absolute atomic E-state index is 0.139. The van der Waals surface area contributed by atoms with E-state index >= 15 is 0 Å². The molecule has 1 saturated carbocycles. The quantitative estimate of drug-likeness (QED) is 0.805. The largest absolute Gasteiger partial charge is 0.441 e. The Hall–Kier alpha value is -2.17. The Morgan fingerprint density at radius 3 is 2.72 bits per heavy atom. The lowest BCUT2D eigenvalue weighted by molar-refractivity contribution is -0.133. The van der Waals surface area contributed by atoms with Crippen LogP contribution in [-0.4, -0.2) is 28.9 Å². The minimum atomic E-state index is -0.283. The van der Waals surface area contributed by atoms with E-state index in [2.05, 4.69) is 11.9 Å². The van der Waals surface area contributed by atoms with Crippen LogP contribution >= 0.6 is 0 Å². The standard InChI is InChI=1S/C20H25FN2O2/c1-14-5-3-4-6-17(14)23(2)20(24)12-11-19-22-13-18(25-19)15-7-9-16(21)10-8-15/h7-10,13-14,17H,3-6,11-12H2,1-2H3. The summed E-state index contributed by atoms with van der Waals surface area (Å²) < 4.78 is 18.7. The lowest BCUT2D eigenvalue weighted by Gasteiger charge is -2.36. The molecule has 2 atom stereocenters. The fraction of sp³-hybridized carbons (Fsp3) is 0.500. The molecule has 0 saturated heterocycles. The molecule has 3 rings (SSSR count). The van der Waals surface area contributed by atoms with E-state index in [0.29, 0.717) is 36.5 Å². The molecule has 2 unspecified atom stereocenters. The molecule has 1 fully saturated rings. The number of benzene rings is 1. The first-order chi connectivity index (χ1) is 12.0. The average molecular weight is 344 g/mol. The van der Waals surface area contributed by atoms with Crippen LogP contribution in [0.1, 0.15) is 44.9 Å². The summed E-state index contributed by atoms with van der Waals surface area (Å²) in [7, 11) is 1.91. The van der Waals surface area contributed by atoms with Gasteiger partial charge in [0.25, 0.3) is 0 Å². The fourth-order valence-corrected chi connectivity index (χ4v) is 3.62. The van der Waals surface area contributed by atoms with Crippen LogP contribution in [0.3, 0.4) is 0 Å². The van der Waals surface area contributed by atoms with Crippen molar-refractivity contribution in [3.63, 3.8) is 0 Å². The highest BCUT2D eigenvalue weighted by molar-refractivity contribution is 5.76. The first-order valence-electron chi connectivity index (χ1n) is 9.01. The molecule has 1 aromatic heterocycles. The molecule has 0 aliphatic heterocycles.